The van der Waals surface area contributed by atoms with Crippen LogP contribution in [-0.4, -0.2) is 81.8 Å². The van der Waals surface area contributed by atoms with Crippen molar-refractivity contribution in [2.45, 2.75) is 44.4 Å². The molecule has 5 rings (SSSR count). The summed E-state index contributed by atoms with van der Waals surface area (Å²) in [5.41, 5.74) is 13.9. The van der Waals surface area contributed by atoms with Gasteiger partial charge in [-0.2, -0.15) is 5.10 Å². The van der Waals surface area contributed by atoms with Crippen LogP contribution in [0.2, 0.25) is 0 Å². The zero-order chi connectivity index (χ0) is 26.1. The van der Waals surface area contributed by atoms with E-state index in [9.17, 15) is 14.4 Å². The summed E-state index contributed by atoms with van der Waals surface area (Å²) in [6, 6.07) is 0.865. The van der Waals surface area contributed by atoms with Crippen molar-refractivity contribution in [3.05, 3.63) is 42.1 Å². The molecular weight excluding hydrogens is 480 g/mol. The van der Waals surface area contributed by atoms with Gasteiger partial charge in [-0.3, -0.25) is 14.5 Å². The van der Waals surface area contributed by atoms with Gasteiger partial charge in [-0.15, -0.1) is 0 Å². The fraction of sp³-hybridized carbons (Fsp3) is 0.458. The van der Waals surface area contributed by atoms with E-state index in [0.717, 1.165) is 12.8 Å². The quantitative estimate of drug-likeness (QED) is 0.345. The molecule has 2 aliphatic heterocycles. The minimum absolute atomic E-state index is 0.102. The number of carbonyl (C=O) groups is 3. The van der Waals surface area contributed by atoms with Crippen molar-refractivity contribution in [3.8, 4) is 0 Å². The normalized spacial score (nSPS) is 22.8. The van der Waals surface area contributed by atoms with E-state index in [2.05, 4.69) is 10.4 Å². The summed E-state index contributed by atoms with van der Waals surface area (Å²) in [7, 11) is 0. The summed E-state index contributed by atoms with van der Waals surface area (Å²) >= 11 is 0. The van der Waals surface area contributed by atoms with Crippen molar-refractivity contribution in [2.75, 3.05) is 31.1 Å². The van der Waals surface area contributed by atoms with Gasteiger partial charge in [0, 0.05) is 31.4 Å². The molecule has 5 N–H and O–H groups in total. The Balaban J connectivity index is 1.37. The SMILES string of the molecule is C/C=C\C(=C(/N)OC1CC1)c1cnn2ccc(N3CCN(C(=O)O[C@@H]4CNC(=O)C4)[C@H](C(N)=O)C3)nc12. The van der Waals surface area contributed by atoms with Crippen LogP contribution in [-0.2, 0) is 19.1 Å². The molecule has 2 aromatic rings. The summed E-state index contributed by atoms with van der Waals surface area (Å²) < 4.78 is 12.9. The number of fused-ring (bicyclic) bond motifs is 1. The van der Waals surface area contributed by atoms with Crippen LogP contribution < -0.4 is 21.7 Å². The number of nitrogens with one attached hydrogen (secondary N) is 1. The predicted octanol–water partition coefficient (Wildman–Crippen LogP) is 0.113. The third-order valence-corrected chi connectivity index (χ3v) is 6.54. The number of hydrogen-bond acceptors (Lipinski definition) is 9. The molecule has 4 heterocycles. The van der Waals surface area contributed by atoms with Crippen molar-refractivity contribution in [1.82, 2.24) is 24.8 Å². The zero-order valence-corrected chi connectivity index (χ0v) is 20.5. The third-order valence-electron chi connectivity index (χ3n) is 6.54. The molecule has 0 bridgehead atoms. The minimum atomic E-state index is -0.921. The molecule has 2 atom stereocenters. The fourth-order valence-corrected chi connectivity index (χ4v) is 4.45. The molecule has 13 nitrogen and oxygen atoms in total. The maximum Gasteiger partial charge on any atom is 0.410 e. The van der Waals surface area contributed by atoms with E-state index < -0.39 is 24.1 Å². The first-order chi connectivity index (χ1) is 17.8. The first kappa shape index (κ1) is 24.4. The lowest BCUT2D eigenvalue weighted by Crippen LogP contribution is -2.60. The molecule has 0 aromatic carbocycles. The lowest BCUT2D eigenvalue weighted by molar-refractivity contribution is -0.123. The number of aromatic nitrogens is 3. The number of amides is 3. The van der Waals surface area contributed by atoms with Crippen molar-refractivity contribution < 1.29 is 23.9 Å². The fourth-order valence-electron chi connectivity index (χ4n) is 4.45. The lowest BCUT2D eigenvalue weighted by Gasteiger charge is -2.39. The van der Waals surface area contributed by atoms with Gasteiger partial charge in [-0.25, -0.2) is 14.3 Å². The molecule has 3 aliphatic rings. The van der Waals surface area contributed by atoms with Crippen molar-refractivity contribution in [1.29, 1.82) is 0 Å². The second-order valence-corrected chi connectivity index (χ2v) is 9.28. The van der Waals surface area contributed by atoms with Gasteiger partial charge in [0.1, 0.15) is 24.1 Å². The highest BCUT2D eigenvalue weighted by atomic mass is 16.6. The van der Waals surface area contributed by atoms with Gasteiger partial charge >= 0.3 is 6.09 Å². The smallest absolute Gasteiger partial charge is 0.410 e. The molecule has 0 radical (unpaired) electrons. The van der Waals surface area contributed by atoms with Crippen LogP contribution in [0.5, 0.6) is 0 Å². The van der Waals surface area contributed by atoms with E-state index in [4.69, 9.17) is 25.9 Å². The van der Waals surface area contributed by atoms with E-state index in [1.54, 1.807) is 23.0 Å². The number of anilines is 1. The van der Waals surface area contributed by atoms with E-state index >= 15 is 0 Å². The number of ether oxygens (including phenoxy) is 2. The first-order valence-corrected chi connectivity index (χ1v) is 12.3. The highest BCUT2D eigenvalue weighted by Gasteiger charge is 2.37. The Hall–Kier alpha value is -4.29. The molecule has 3 fully saturated rings. The Kier molecular flexibility index (Phi) is 6.59. The summed E-state index contributed by atoms with van der Waals surface area (Å²) in [6.45, 7) is 2.89. The number of nitrogens with zero attached hydrogens (tertiary/aromatic N) is 5. The summed E-state index contributed by atoms with van der Waals surface area (Å²) in [6.07, 6.45) is 8.18. The highest BCUT2D eigenvalue weighted by Crippen LogP contribution is 2.30. The van der Waals surface area contributed by atoms with Crippen LogP contribution in [0.15, 0.2) is 36.5 Å². The predicted molar refractivity (Wildman–Crippen MR) is 133 cm³/mol. The van der Waals surface area contributed by atoms with Crippen LogP contribution in [0.4, 0.5) is 10.6 Å². The van der Waals surface area contributed by atoms with E-state index in [-0.39, 0.29) is 38.1 Å². The minimum Gasteiger partial charge on any atom is -0.476 e. The third kappa shape index (κ3) is 5.15. The molecule has 0 spiro atoms. The molecule has 2 aromatic heterocycles. The van der Waals surface area contributed by atoms with Crippen LogP contribution in [0.3, 0.4) is 0 Å². The molecule has 1 aliphatic carbocycles. The van der Waals surface area contributed by atoms with Crippen molar-refractivity contribution in [3.63, 3.8) is 0 Å². The van der Waals surface area contributed by atoms with Crippen LogP contribution >= 0.6 is 0 Å². The van der Waals surface area contributed by atoms with Gasteiger partial charge in [0.15, 0.2) is 11.5 Å². The number of rotatable bonds is 7. The largest absolute Gasteiger partial charge is 0.476 e. The summed E-state index contributed by atoms with van der Waals surface area (Å²) in [4.78, 5) is 44.5. The number of hydrogen-bond donors (Lipinski definition) is 3. The topological polar surface area (TPSA) is 170 Å². The number of nitrogens with two attached hydrogens (primary N) is 2. The first-order valence-electron chi connectivity index (χ1n) is 12.3. The monoisotopic (exact) mass is 510 g/mol. The van der Waals surface area contributed by atoms with E-state index in [1.807, 2.05) is 24.0 Å². The van der Waals surface area contributed by atoms with Crippen LogP contribution in [0.25, 0.3) is 11.2 Å². The van der Waals surface area contributed by atoms with Gasteiger partial charge in [-0.1, -0.05) is 12.2 Å². The molecule has 13 heteroatoms. The second-order valence-electron chi connectivity index (χ2n) is 9.28. The number of carbonyl (C=O) groups excluding carboxylic acids is 3. The zero-order valence-electron chi connectivity index (χ0n) is 20.5. The summed E-state index contributed by atoms with van der Waals surface area (Å²) in [5.74, 6) is 0.0863. The van der Waals surface area contributed by atoms with Gasteiger partial charge < -0.3 is 31.2 Å². The van der Waals surface area contributed by atoms with E-state index in [1.165, 1.54) is 4.90 Å². The Morgan fingerprint density at radius 3 is 2.68 bits per heavy atom. The Labute approximate surface area is 213 Å². The molecule has 37 heavy (non-hydrogen) atoms. The number of allylic oxidation sites excluding steroid dienone is 3. The molecular formula is C24H30N8O5. The second kappa shape index (κ2) is 9.99. The van der Waals surface area contributed by atoms with Gasteiger partial charge in [-0.05, 0) is 25.8 Å². The standard InChI is InChI=1S/C24H30N8O5/c1-2-3-16(22(26)36-14-4-5-14)17-12-28-32-7-6-19(29-23(17)32)30-8-9-31(18(13-30)21(25)34)24(35)37-15-10-20(33)27-11-15/h2-3,6-7,12,14-15,18H,4-5,8-11,13,26H2,1H3,(H2,25,34)(H,27,33)/b3-2-,22-16-/t15-,18-/m0/s1. The maximum atomic E-state index is 12.8. The average molecular weight is 511 g/mol. The molecule has 3 amide bonds. The lowest BCUT2D eigenvalue weighted by atomic mass is 10.1. The Morgan fingerprint density at radius 1 is 1.19 bits per heavy atom. The Bertz CT molecular complexity index is 1280. The summed E-state index contributed by atoms with van der Waals surface area (Å²) in [5, 5.41) is 7.02. The maximum absolute atomic E-state index is 12.8. The van der Waals surface area contributed by atoms with Gasteiger partial charge in [0.25, 0.3) is 0 Å². The number of primary amides is 1. The molecule has 0 unspecified atom stereocenters. The molecule has 1 saturated carbocycles. The highest BCUT2D eigenvalue weighted by molar-refractivity contribution is 5.86. The van der Waals surface area contributed by atoms with Crippen molar-refractivity contribution >= 4 is 34.9 Å². The molecule has 2 saturated heterocycles. The van der Waals surface area contributed by atoms with Crippen LogP contribution in [0, 0.1) is 0 Å². The van der Waals surface area contributed by atoms with Gasteiger partial charge in [0.2, 0.25) is 11.8 Å². The molecule has 196 valence electrons. The van der Waals surface area contributed by atoms with Gasteiger partial charge in [0.05, 0.1) is 24.7 Å². The average Bonchev–Trinajstić information content (AvgIpc) is 3.45. The van der Waals surface area contributed by atoms with E-state index in [0.29, 0.717) is 35.0 Å². The number of piperazine rings is 1. The van der Waals surface area contributed by atoms with Crippen LogP contribution in [0.1, 0.15) is 31.7 Å². The van der Waals surface area contributed by atoms with Crippen molar-refractivity contribution in [2.24, 2.45) is 11.5 Å². The Morgan fingerprint density at radius 2 is 2.00 bits per heavy atom.